The number of fused-ring (bicyclic) bond motifs is 1. The summed E-state index contributed by atoms with van der Waals surface area (Å²) in [7, 11) is 1.58. The molecule has 1 heterocycles. The summed E-state index contributed by atoms with van der Waals surface area (Å²) in [6.45, 7) is 1.95. The van der Waals surface area contributed by atoms with E-state index in [1.807, 2.05) is 6.92 Å². The molecule has 2 aliphatic rings. The van der Waals surface area contributed by atoms with Crippen molar-refractivity contribution in [1.29, 1.82) is 0 Å². The zero-order valence-electron chi connectivity index (χ0n) is 11.7. The van der Waals surface area contributed by atoms with Crippen LogP contribution in [0.25, 0.3) is 0 Å². The van der Waals surface area contributed by atoms with Gasteiger partial charge in [-0.1, -0.05) is 6.42 Å². The highest BCUT2D eigenvalue weighted by Gasteiger charge is 2.53. The second kappa shape index (κ2) is 4.51. The molecule has 2 atom stereocenters. The van der Waals surface area contributed by atoms with Gasteiger partial charge in [0.25, 0.3) is 0 Å². The summed E-state index contributed by atoms with van der Waals surface area (Å²) in [5, 5.41) is 2.96. The molecule has 1 aliphatic heterocycles. The van der Waals surface area contributed by atoms with Crippen molar-refractivity contribution in [2.24, 2.45) is 5.41 Å². The third kappa shape index (κ3) is 1.77. The van der Waals surface area contributed by atoms with Crippen LogP contribution in [-0.2, 0) is 4.79 Å². The number of anilines is 1. The van der Waals surface area contributed by atoms with Crippen LogP contribution >= 0.6 is 0 Å². The molecule has 20 heavy (non-hydrogen) atoms. The third-order valence-electron chi connectivity index (χ3n) is 4.48. The molecule has 0 aromatic heterocycles. The molecule has 2 unspecified atom stereocenters. The second-order valence-electron chi connectivity index (χ2n) is 5.65. The van der Waals surface area contributed by atoms with Gasteiger partial charge in [-0.15, -0.1) is 0 Å². The number of carbonyl (C=O) groups is 2. The Bertz CT molecular complexity index is 555. The number of ether oxygens (including phenoxy) is 1. The van der Waals surface area contributed by atoms with Gasteiger partial charge in [-0.2, -0.15) is 0 Å². The van der Waals surface area contributed by atoms with E-state index < -0.39 is 5.41 Å². The molecule has 5 nitrogen and oxygen atoms in total. The van der Waals surface area contributed by atoms with Crippen molar-refractivity contribution >= 4 is 17.6 Å². The van der Waals surface area contributed by atoms with Crippen LogP contribution in [0.4, 0.5) is 10.5 Å². The number of benzene rings is 1. The molecule has 1 aliphatic carbocycles. The highest BCUT2D eigenvalue weighted by molar-refractivity contribution is 6.18. The molecular formula is C15H18N2O3. The summed E-state index contributed by atoms with van der Waals surface area (Å²) >= 11 is 0. The Morgan fingerprint density at radius 3 is 2.65 bits per heavy atom. The van der Waals surface area contributed by atoms with Gasteiger partial charge in [0.05, 0.1) is 18.2 Å². The predicted molar refractivity (Wildman–Crippen MR) is 74.8 cm³/mol. The molecule has 5 heteroatoms. The highest BCUT2D eigenvalue weighted by Crippen LogP contribution is 2.43. The first-order valence-corrected chi connectivity index (χ1v) is 6.85. The molecule has 1 aromatic rings. The number of hydrogen-bond acceptors (Lipinski definition) is 3. The van der Waals surface area contributed by atoms with Crippen molar-refractivity contribution < 1.29 is 14.3 Å². The first-order chi connectivity index (χ1) is 9.56. The highest BCUT2D eigenvalue weighted by atomic mass is 16.5. The Labute approximate surface area is 117 Å². The van der Waals surface area contributed by atoms with Gasteiger partial charge in [-0.25, -0.2) is 9.69 Å². The lowest BCUT2D eigenvalue weighted by Crippen LogP contribution is -2.63. The zero-order valence-corrected chi connectivity index (χ0v) is 11.7. The Morgan fingerprint density at radius 2 is 2.00 bits per heavy atom. The topological polar surface area (TPSA) is 58.6 Å². The first-order valence-electron chi connectivity index (χ1n) is 6.85. The van der Waals surface area contributed by atoms with Crippen molar-refractivity contribution in [2.75, 3.05) is 12.0 Å². The molecule has 2 fully saturated rings. The van der Waals surface area contributed by atoms with E-state index in [1.165, 1.54) is 4.90 Å². The monoisotopic (exact) mass is 274 g/mol. The molecule has 3 amide bonds. The van der Waals surface area contributed by atoms with Gasteiger partial charge < -0.3 is 10.1 Å². The van der Waals surface area contributed by atoms with Gasteiger partial charge >= 0.3 is 6.03 Å². The van der Waals surface area contributed by atoms with Gasteiger partial charge in [0.2, 0.25) is 5.91 Å². The maximum absolute atomic E-state index is 12.7. The standard InChI is InChI=1S/C15H18N2O3/c1-15-9-3-4-12(15)16-14(19)17(13(15)18)10-5-7-11(20-2)8-6-10/h5-8,12H,3-4,9H2,1-2H3,(H,16,19). The van der Waals surface area contributed by atoms with Crippen LogP contribution in [-0.4, -0.2) is 25.1 Å². The summed E-state index contributed by atoms with van der Waals surface area (Å²) < 4.78 is 5.10. The molecule has 1 saturated heterocycles. The van der Waals surface area contributed by atoms with E-state index in [4.69, 9.17) is 4.74 Å². The molecule has 1 saturated carbocycles. The second-order valence-corrected chi connectivity index (χ2v) is 5.65. The minimum atomic E-state index is -0.478. The number of urea groups is 1. The van der Waals surface area contributed by atoms with E-state index in [1.54, 1.807) is 31.4 Å². The molecule has 3 rings (SSSR count). The smallest absolute Gasteiger partial charge is 0.329 e. The Kier molecular flexibility index (Phi) is 2.92. The summed E-state index contributed by atoms with van der Waals surface area (Å²) in [6, 6.07) is 6.60. The summed E-state index contributed by atoms with van der Waals surface area (Å²) in [5.74, 6) is 0.595. The maximum atomic E-state index is 12.7. The fraction of sp³-hybridized carbons (Fsp3) is 0.467. The van der Waals surface area contributed by atoms with Crippen molar-refractivity contribution in [1.82, 2.24) is 5.32 Å². The minimum absolute atomic E-state index is 0.0306. The van der Waals surface area contributed by atoms with Gasteiger partial charge in [0.1, 0.15) is 5.75 Å². The van der Waals surface area contributed by atoms with Gasteiger partial charge in [0.15, 0.2) is 0 Å². The van der Waals surface area contributed by atoms with Gasteiger partial charge in [0, 0.05) is 6.04 Å². The van der Waals surface area contributed by atoms with Crippen LogP contribution in [0.2, 0.25) is 0 Å². The average molecular weight is 274 g/mol. The van der Waals surface area contributed by atoms with Crippen molar-refractivity contribution in [3.63, 3.8) is 0 Å². The van der Waals surface area contributed by atoms with E-state index in [0.717, 1.165) is 19.3 Å². The largest absolute Gasteiger partial charge is 0.497 e. The molecule has 1 N–H and O–H groups in total. The summed E-state index contributed by atoms with van der Waals surface area (Å²) in [5.41, 5.74) is 0.105. The lowest BCUT2D eigenvalue weighted by molar-refractivity contribution is -0.128. The molecule has 0 radical (unpaired) electrons. The van der Waals surface area contributed by atoms with Crippen molar-refractivity contribution in [3.05, 3.63) is 24.3 Å². The molecule has 1 aromatic carbocycles. The number of carbonyl (C=O) groups excluding carboxylic acids is 2. The minimum Gasteiger partial charge on any atom is -0.497 e. The number of imide groups is 1. The van der Waals surface area contributed by atoms with Crippen LogP contribution in [0.1, 0.15) is 26.2 Å². The van der Waals surface area contributed by atoms with Crippen molar-refractivity contribution in [2.45, 2.75) is 32.2 Å². The van der Waals surface area contributed by atoms with Crippen LogP contribution in [0.3, 0.4) is 0 Å². The van der Waals surface area contributed by atoms with Crippen LogP contribution < -0.4 is 15.0 Å². The first kappa shape index (κ1) is 13.0. The van der Waals surface area contributed by atoms with E-state index in [-0.39, 0.29) is 18.0 Å². The number of nitrogens with zero attached hydrogens (tertiary/aromatic N) is 1. The summed E-state index contributed by atoms with van der Waals surface area (Å²) in [4.78, 5) is 26.2. The summed E-state index contributed by atoms with van der Waals surface area (Å²) in [6.07, 6.45) is 2.68. The molecule has 0 bridgehead atoms. The van der Waals surface area contributed by atoms with E-state index in [0.29, 0.717) is 11.4 Å². The van der Waals surface area contributed by atoms with Gasteiger partial charge in [-0.3, -0.25) is 4.79 Å². The normalized spacial score (nSPS) is 29.1. The van der Waals surface area contributed by atoms with Crippen LogP contribution in [0.5, 0.6) is 5.75 Å². The Morgan fingerprint density at radius 1 is 1.30 bits per heavy atom. The maximum Gasteiger partial charge on any atom is 0.329 e. The molecule has 106 valence electrons. The number of rotatable bonds is 2. The fourth-order valence-electron chi connectivity index (χ4n) is 3.18. The Hall–Kier alpha value is -2.04. The predicted octanol–water partition coefficient (Wildman–Crippen LogP) is 2.31. The van der Waals surface area contributed by atoms with E-state index >= 15 is 0 Å². The third-order valence-corrected chi connectivity index (χ3v) is 4.48. The lowest BCUT2D eigenvalue weighted by Gasteiger charge is -2.40. The van der Waals surface area contributed by atoms with Crippen molar-refractivity contribution in [3.8, 4) is 5.75 Å². The number of methoxy groups -OCH3 is 1. The fourth-order valence-corrected chi connectivity index (χ4v) is 3.18. The molecular weight excluding hydrogens is 256 g/mol. The van der Waals surface area contributed by atoms with E-state index in [9.17, 15) is 9.59 Å². The van der Waals surface area contributed by atoms with Crippen LogP contribution in [0.15, 0.2) is 24.3 Å². The Balaban J connectivity index is 1.95. The quantitative estimate of drug-likeness (QED) is 0.900. The molecule has 0 spiro atoms. The average Bonchev–Trinajstić information content (AvgIpc) is 2.82. The van der Waals surface area contributed by atoms with Crippen LogP contribution in [0, 0.1) is 5.41 Å². The SMILES string of the molecule is COc1ccc(N2C(=O)NC3CCCC3(C)C2=O)cc1. The zero-order chi connectivity index (χ0) is 14.3. The van der Waals surface area contributed by atoms with E-state index in [2.05, 4.69) is 5.32 Å². The number of nitrogens with one attached hydrogen (secondary N) is 1. The lowest BCUT2D eigenvalue weighted by atomic mass is 9.81. The number of hydrogen-bond donors (Lipinski definition) is 1. The van der Waals surface area contributed by atoms with Gasteiger partial charge in [-0.05, 0) is 44.0 Å². The number of amides is 3.